The van der Waals surface area contributed by atoms with Crippen LogP contribution >= 0.6 is 0 Å². The fourth-order valence-electron chi connectivity index (χ4n) is 4.64. The van der Waals surface area contributed by atoms with E-state index >= 15 is 13.2 Å². The molecule has 0 amide bonds. The van der Waals surface area contributed by atoms with Crippen molar-refractivity contribution in [3.05, 3.63) is 107 Å². The molecule has 0 unspecified atom stereocenters. The molecule has 0 aromatic heterocycles. The van der Waals surface area contributed by atoms with E-state index in [0.717, 1.165) is 37.0 Å². The van der Waals surface area contributed by atoms with Crippen LogP contribution < -0.4 is 0 Å². The van der Waals surface area contributed by atoms with E-state index in [1.165, 1.54) is 29.8 Å². The third-order valence-electron chi connectivity index (χ3n) is 7.20. The summed E-state index contributed by atoms with van der Waals surface area (Å²) in [6.45, 7) is 6.11. The topological polar surface area (TPSA) is 0 Å². The maximum absolute atomic E-state index is 15.2. The Labute approximate surface area is 221 Å². The van der Waals surface area contributed by atoms with Crippen molar-refractivity contribution >= 4 is 0 Å². The van der Waals surface area contributed by atoms with Gasteiger partial charge in [-0.3, -0.25) is 0 Å². The summed E-state index contributed by atoms with van der Waals surface area (Å²) in [7, 11) is 0. The van der Waals surface area contributed by atoms with Crippen LogP contribution in [0.25, 0.3) is 33.4 Å². The zero-order chi connectivity index (χ0) is 27.4. The van der Waals surface area contributed by atoms with Crippen LogP contribution in [0.1, 0.15) is 51.2 Å². The highest BCUT2D eigenvalue weighted by Gasteiger charge is 2.21. The Morgan fingerprint density at radius 1 is 0.579 bits per heavy atom. The van der Waals surface area contributed by atoms with Gasteiger partial charge in [-0.2, -0.15) is 0 Å². The van der Waals surface area contributed by atoms with Crippen molar-refractivity contribution in [2.75, 3.05) is 0 Å². The molecule has 0 aliphatic heterocycles. The summed E-state index contributed by atoms with van der Waals surface area (Å²) >= 11 is 0. The lowest BCUT2D eigenvalue weighted by molar-refractivity contribution is 0.489. The van der Waals surface area contributed by atoms with Crippen molar-refractivity contribution in [2.45, 2.75) is 52.9 Å². The summed E-state index contributed by atoms with van der Waals surface area (Å²) < 4.78 is 74.8. The zero-order valence-electron chi connectivity index (χ0n) is 21.9. The molecular formula is C33H31F5. The van der Waals surface area contributed by atoms with Gasteiger partial charge in [0.05, 0.1) is 0 Å². The second-order valence-corrected chi connectivity index (χ2v) is 9.90. The van der Waals surface area contributed by atoms with Gasteiger partial charge in [0.25, 0.3) is 0 Å². The van der Waals surface area contributed by atoms with Gasteiger partial charge in [-0.05, 0) is 65.6 Å². The zero-order valence-corrected chi connectivity index (χ0v) is 21.9. The quantitative estimate of drug-likeness (QED) is 0.192. The maximum atomic E-state index is 15.2. The van der Waals surface area contributed by atoms with Gasteiger partial charge in [0, 0.05) is 22.3 Å². The summed E-state index contributed by atoms with van der Waals surface area (Å²) in [6, 6.07) is 16.6. The molecule has 4 aromatic rings. The summed E-state index contributed by atoms with van der Waals surface area (Å²) in [5.74, 6) is -4.54. The van der Waals surface area contributed by atoms with Gasteiger partial charge >= 0.3 is 0 Å². The Hall–Kier alpha value is -3.47. The van der Waals surface area contributed by atoms with E-state index in [1.807, 2.05) is 38.1 Å². The molecule has 0 heterocycles. The van der Waals surface area contributed by atoms with E-state index in [2.05, 4.69) is 6.92 Å². The lowest BCUT2D eigenvalue weighted by Crippen LogP contribution is -2.02. The fourth-order valence-corrected chi connectivity index (χ4v) is 4.64. The van der Waals surface area contributed by atoms with Gasteiger partial charge in [0.1, 0.15) is 17.5 Å². The predicted octanol–water partition coefficient (Wildman–Crippen LogP) is 10.3. The fraction of sp³-hybridized carbons (Fsp3) is 0.273. The minimum absolute atomic E-state index is 0.0614. The average molecular weight is 523 g/mol. The molecule has 0 saturated heterocycles. The van der Waals surface area contributed by atoms with Crippen LogP contribution in [0.2, 0.25) is 0 Å². The second kappa shape index (κ2) is 11.9. The van der Waals surface area contributed by atoms with Gasteiger partial charge < -0.3 is 0 Å². The van der Waals surface area contributed by atoms with Gasteiger partial charge in [-0.1, -0.05) is 82.1 Å². The van der Waals surface area contributed by atoms with E-state index in [1.54, 1.807) is 6.07 Å². The third-order valence-corrected chi connectivity index (χ3v) is 7.20. The molecule has 0 aliphatic carbocycles. The average Bonchev–Trinajstić information content (AvgIpc) is 2.90. The molecule has 4 aromatic carbocycles. The van der Waals surface area contributed by atoms with E-state index in [9.17, 15) is 8.78 Å². The van der Waals surface area contributed by atoms with Crippen molar-refractivity contribution in [3.8, 4) is 33.4 Å². The SMILES string of the molecule is CCCc1ccc(-c2ccc(-c3ccc(-c4cc(F)c(CC[C@@H](C)CC)c(F)c4)c(F)c3F)c(F)c2)cc1. The van der Waals surface area contributed by atoms with Gasteiger partial charge in [-0.25, -0.2) is 22.0 Å². The number of hydrogen-bond donors (Lipinski definition) is 0. The van der Waals surface area contributed by atoms with Gasteiger partial charge in [0.15, 0.2) is 11.6 Å². The van der Waals surface area contributed by atoms with Crippen LogP contribution in [-0.2, 0) is 12.8 Å². The first kappa shape index (κ1) is 27.6. The van der Waals surface area contributed by atoms with E-state index in [0.29, 0.717) is 17.9 Å². The van der Waals surface area contributed by atoms with Crippen LogP contribution in [-0.4, -0.2) is 0 Å². The Morgan fingerprint density at radius 3 is 1.74 bits per heavy atom. The highest BCUT2D eigenvalue weighted by atomic mass is 19.2. The Kier molecular flexibility index (Phi) is 8.65. The van der Waals surface area contributed by atoms with Crippen molar-refractivity contribution in [1.29, 1.82) is 0 Å². The Balaban J connectivity index is 1.63. The van der Waals surface area contributed by atoms with Crippen molar-refractivity contribution in [3.63, 3.8) is 0 Å². The molecule has 0 radical (unpaired) electrons. The first-order chi connectivity index (χ1) is 18.2. The number of benzene rings is 4. The van der Waals surface area contributed by atoms with Crippen LogP contribution in [0.15, 0.2) is 66.7 Å². The largest absolute Gasteiger partial charge is 0.207 e. The molecular weight excluding hydrogens is 491 g/mol. The summed E-state index contributed by atoms with van der Waals surface area (Å²) in [5.41, 5.74) is 1.79. The summed E-state index contributed by atoms with van der Waals surface area (Å²) in [4.78, 5) is 0. The van der Waals surface area contributed by atoms with Crippen LogP contribution in [0.3, 0.4) is 0 Å². The van der Waals surface area contributed by atoms with Crippen molar-refractivity contribution < 1.29 is 22.0 Å². The molecule has 0 aliphatic rings. The van der Waals surface area contributed by atoms with E-state index in [-0.39, 0.29) is 34.2 Å². The lowest BCUT2D eigenvalue weighted by atomic mass is 9.94. The van der Waals surface area contributed by atoms with Crippen LogP contribution in [0.5, 0.6) is 0 Å². The predicted molar refractivity (Wildman–Crippen MR) is 144 cm³/mol. The lowest BCUT2D eigenvalue weighted by Gasteiger charge is -2.13. The molecule has 0 bridgehead atoms. The number of rotatable bonds is 9. The molecule has 5 heteroatoms. The highest BCUT2D eigenvalue weighted by molar-refractivity contribution is 5.75. The molecule has 0 saturated carbocycles. The number of aryl methyl sites for hydroxylation is 1. The molecule has 38 heavy (non-hydrogen) atoms. The van der Waals surface area contributed by atoms with Gasteiger partial charge in [0.2, 0.25) is 0 Å². The monoisotopic (exact) mass is 522 g/mol. The maximum Gasteiger partial charge on any atom is 0.167 e. The molecule has 0 nitrogen and oxygen atoms in total. The molecule has 0 spiro atoms. The van der Waals surface area contributed by atoms with Crippen molar-refractivity contribution in [2.24, 2.45) is 5.92 Å². The molecule has 0 fully saturated rings. The smallest absolute Gasteiger partial charge is 0.167 e. The molecule has 4 rings (SSSR count). The number of hydrogen-bond acceptors (Lipinski definition) is 0. The first-order valence-electron chi connectivity index (χ1n) is 13.1. The third kappa shape index (κ3) is 5.82. The van der Waals surface area contributed by atoms with Gasteiger partial charge in [-0.15, -0.1) is 0 Å². The van der Waals surface area contributed by atoms with E-state index in [4.69, 9.17) is 0 Å². The highest BCUT2D eigenvalue weighted by Crippen LogP contribution is 2.35. The minimum Gasteiger partial charge on any atom is -0.207 e. The molecule has 0 N–H and O–H groups in total. The van der Waals surface area contributed by atoms with E-state index < -0.39 is 29.1 Å². The summed E-state index contributed by atoms with van der Waals surface area (Å²) in [6.07, 6.45) is 3.72. The van der Waals surface area contributed by atoms with Crippen LogP contribution in [0, 0.1) is 35.0 Å². The Morgan fingerprint density at radius 2 is 1.13 bits per heavy atom. The minimum atomic E-state index is -1.29. The molecule has 198 valence electrons. The normalized spacial score (nSPS) is 12.1. The number of halogens is 5. The second-order valence-electron chi connectivity index (χ2n) is 9.90. The standard InChI is InChI=1S/C33H31F5/c1-4-6-21-8-10-22(11-9-21)23-12-14-26(29(34)17-23)27-16-15-25(32(37)33(27)38)24-18-30(35)28(31(36)19-24)13-7-20(3)5-2/h8-12,14-20H,4-7,13H2,1-3H3/t20-/m0/s1. The Bertz CT molecular complexity index is 1400. The summed E-state index contributed by atoms with van der Waals surface area (Å²) in [5, 5.41) is 0. The van der Waals surface area contributed by atoms with Crippen molar-refractivity contribution in [1.82, 2.24) is 0 Å². The molecule has 1 atom stereocenters. The van der Waals surface area contributed by atoms with Crippen LogP contribution in [0.4, 0.5) is 22.0 Å². The first-order valence-corrected chi connectivity index (χ1v) is 13.1.